The van der Waals surface area contributed by atoms with Gasteiger partial charge in [-0.1, -0.05) is 62.4 Å². The molecule has 8 heteroatoms. The standard InChI is InChI=1S/C31H40FN3O3S/c1-3-4-21-34(39(37,38)30-18-12-25(2)13-19-30)24-31(36)35(28-9-6-5-7-10-28)23-29-11-8-20-33(29)22-26-14-16-27(32)17-15-26/h8,11-20,28H,3-7,9-10,21-24H2,1-2H3. The molecule has 1 heterocycles. The highest BCUT2D eigenvalue weighted by atomic mass is 32.2. The number of unbranched alkanes of at least 4 members (excludes halogenated alkanes) is 1. The van der Waals surface area contributed by atoms with Crippen molar-refractivity contribution in [3.8, 4) is 0 Å². The van der Waals surface area contributed by atoms with Crippen LogP contribution < -0.4 is 0 Å². The molecule has 0 N–H and O–H groups in total. The van der Waals surface area contributed by atoms with Crippen LogP contribution in [0, 0.1) is 12.7 Å². The molecular formula is C31H40FN3O3S. The molecule has 6 nitrogen and oxygen atoms in total. The summed E-state index contributed by atoms with van der Waals surface area (Å²) in [6, 6.07) is 17.3. The number of carbonyl (C=O) groups is 1. The second-order valence-electron chi connectivity index (χ2n) is 10.6. The van der Waals surface area contributed by atoms with E-state index in [9.17, 15) is 17.6 Å². The van der Waals surface area contributed by atoms with Gasteiger partial charge in [-0.05, 0) is 68.1 Å². The highest BCUT2D eigenvalue weighted by Crippen LogP contribution is 2.26. The molecule has 1 saturated carbocycles. The Balaban J connectivity index is 1.58. The van der Waals surface area contributed by atoms with E-state index in [4.69, 9.17) is 0 Å². The molecule has 0 spiro atoms. The van der Waals surface area contributed by atoms with Crippen LogP contribution in [0.3, 0.4) is 0 Å². The number of halogens is 1. The first-order valence-electron chi connectivity index (χ1n) is 14.0. The van der Waals surface area contributed by atoms with Gasteiger partial charge in [0, 0.05) is 31.0 Å². The van der Waals surface area contributed by atoms with Gasteiger partial charge in [0.1, 0.15) is 5.82 Å². The second kappa shape index (κ2) is 13.4. The molecule has 39 heavy (non-hydrogen) atoms. The minimum absolute atomic E-state index is 0.0792. The Bertz CT molecular complexity index is 1310. The first kappa shape index (κ1) is 29.0. The zero-order valence-corrected chi connectivity index (χ0v) is 23.9. The summed E-state index contributed by atoms with van der Waals surface area (Å²) in [4.78, 5) is 16.1. The molecule has 0 aliphatic heterocycles. The van der Waals surface area contributed by atoms with Crippen molar-refractivity contribution in [3.05, 3.63) is 89.5 Å². The van der Waals surface area contributed by atoms with Gasteiger partial charge >= 0.3 is 0 Å². The number of nitrogens with zero attached hydrogens (tertiary/aromatic N) is 3. The Morgan fingerprint density at radius 3 is 2.36 bits per heavy atom. The molecule has 4 rings (SSSR count). The predicted octanol–water partition coefficient (Wildman–Crippen LogP) is 6.14. The second-order valence-corrected chi connectivity index (χ2v) is 12.5. The minimum Gasteiger partial charge on any atom is -0.345 e. The zero-order chi connectivity index (χ0) is 27.8. The summed E-state index contributed by atoms with van der Waals surface area (Å²) < 4.78 is 44.1. The van der Waals surface area contributed by atoms with Gasteiger partial charge in [0.2, 0.25) is 15.9 Å². The Morgan fingerprint density at radius 1 is 1.00 bits per heavy atom. The van der Waals surface area contributed by atoms with Crippen molar-refractivity contribution >= 4 is 15.9 Å². The van der Waals surface area contributed by atoms with Gasteiger partial charge in [-0.2, -0.15) is 4.31 Å². The number of sulfonamides is 1. The van der Waals surface area contributed by atoms with Crippen molar-refractivity contribution in [2.75, 3.05) is 13.1 Å². The van der Waals surface area contributed by atoms with E-state index in [1.165, 1.54) is 16.4 Å². The number of hydrogen-bond donors (Lipinski definition) is 0. The monoisotopic (exact) mass is 553 g/mol. The summed E-state index contributed by atoms with van der Waals surface area (Å²) >= 11 is 0. The highest BCUT2D eigenvalue weighted by molar-refractivity contribution is 7.89. The van der Waals surface area contributed by atoms with Crippen LogP contribution in [0.2, 0.25) is 0 Å². The number of benzene rings is 2. The van der Waals surface area contributed by atoms with Crippen molar-refractivity contribution in [2.45, 2.75) is 82.8 Å². The van der Waals surface area contributed by atoms with E-state index in [1.807, 2.05) is 37.1 Å². The average molecular weight is 554 g/mol. The molecule has 1 amide bonds. The number of aryl methyl sites for hydroxylation is 1. The van der Waals surface area contributed by atoms with Crippen molar-refractivity contribution in [1.82, 2.24) is 13.8 Å². The quantitative estimate of drug-likeness (QED) is 0.271. The maximum absolute atomic E-state index is 14.0. The van der Waals surface area contributed by atoms with Gasteiger partial charge in [0.25, 0.3) is 0 Å². The molecule has 1 aliphatic rings. The van der Waals surface area contributed by atoms with E-state index >= 15 is 0 Å². The minimum atomic E-state index is -3.81. The van der Waals surface area contributed by atoms with Crippen molar-refractivity contribution in [3.63, 3.8) is 0 Å². The first-order valence-corrected chi connectivity index (χ1v) is 15.5. The summed E-state index contributed by atoms with van der Waals surface area (Å²) in [7, 11) is -3.81. The summed E-state index contributed by atoms with van der Waals surface area (Å²) in [6.45, 7) is 5.04. The topological polar surface area (TPSA) is 62.6 Å². The molecule has 0 bridgehead atoms. The predicted molar refractivity (Wildman–Crippen MR) is 152 cm³/mol. The fourth-order valence-corrected chi connectivity index (χ4v) is 6.67. The number of carbonyl (C=O) groups excluding carboxylic acids is 1. The average Bonchev–Trinajstić information content (AvgIpc) is 3.37. The molecule has 0 atom stereocenters. The van der Waals surface area contributed by atoms with Gasteiger partial charge in [0.15, 0.2) is 0 Å². The maximum atomic E-state index is 14.0. The van der Waals surface area contributed by atoms with E-state index in [2.05, 4.69) is 4.57 Å². The fraction of sp³-hybridized carbons (Fsp3) is 0.452. The first-order chi connectivity index (χ1) is 18.8. The smallest absolute Gasteiger partial charge is 0.243 e. The van der Waals surface area contributed by atoms with Crippen LogP contribution in [-0.2, 0) is 27.9 Å². The lowest BCUT2D eigenvalue weighted by atomic mass is 9.94. The Labute approximate surface area is 232 Å². The van der Waals surface area contributed by atoms with Gasteiger partial charge in [0.05, 0.1) is 18.0 Å². The van der Waals surface area contributed by atoms with Gasteiger partial charge < -0.3 is 9.47 Å². The number of hydrogen-bond acceptors (Lipinski definition) is 3. The Morgan fingerprint density at radius 2 is 1.69 bits per heavy atom. The molecule has 3 aromatic rings. The lowest BCUT2D eigenvalue weighted by Gasteiger charge is -2.36. The molecule has 1 fully saturated rings. The van der Waals surface area contributed by atoms with Gasteiger partial charge in [-0.15, -0.1) is 0 Å². The summed E-state index contributed by atoms with van der Waals surface area (Å²) in [6.07, 6.45) is 8.61. The van der Waals surface area contributed by atoms with Crippen LogP contribution in [-0.4, -0.2) is 47.2 Å². The van der Waals surface area contributed by atoms with E-state index in [-0.39, 0.29) is 29.2 Å². The Kier molecular flexibility index (Phi) is 9.97. The largest absolute Gasteiger partial charge is 0.345 e. The van der Waals surface area contributed by atoms with Crippen LogP contribution >= 0.6 is 0 Å². The van der Waals surface area contributed by atoms with Crippen LogP contribution in [0.15, 0.2) is 71.8 Å². The third kappa shape index (κ3) is 7.57. The van der Waals surface area contributed by atoms with E-state index in [0.29, 0.717) is 26.1 Å². The van der Waals surface area contributed by atoms with Crippen LogP contribution in [0.4, 0.5) is 4.39 Å². The normalized spacial score (nSPS) is 14.6. The third-order valence-electron chi connectivity index (χ3n) is 7.59. The molecule has 0 radical (unpaired) electrons. The van der Waals surface area contributed by atoms with Crippen LogP contribution in [0.5, 0.6) is 0 Å². The van der Waals surface area contributed by atoms with Crippen LogP contribution in [0.25, 0.3) is 0 Å². The number of aromatic nitrogens is 1. The van der Waals surface area contributed by atoms with E-state index < -0.39 is 10.0 Å². The Hall–Kier alpha value is -2.97. The highest BCUT2D eigenvalue weighted by Gasteiger charge is 2.32. The zero-order valence-electron chi connectivity index (χ0n) is 23.1. The summed E-state index contributed by atoms with van der Waals surface area (Å²) in [5, 5.41) is 0. The van der Waals surface area contributed by atoms with Crippen molar-refractivity contribution in [2.24, 2.45) is 0 Å². The van der Waals surface area contributed by atoms with Gasteiger partial charge in [-0.25, -0.2) is 12.8 Å². The van der Waals surface area contributed by atoms with E-state index in [0.717, 1.165) is 55.3 Å². The molecule has 2 aromatic carbocycles. The molecular weight excluding hydrogens is 513 g/mol. The van der Waals surface area contributed by atoms with E-state index in [1.54, 1.807) is 36.4 Å². The summed E-state index contributed by atoms with van der Waals surface area (Å²) in [5.74, 6) is -0.433. The summed E-state index contributed by atoms with van der Waals surface area (Å²) in [5.41, 5.74) is 2.93. The SMILES string of the molecule is CCCCN(CC(=O)N(Cc1cccn1Cc1ccc(F)cc1)C1CCCCC1)S(=O)(=O)c1ccc(C)cc1. The van der Waals surface area contributed by atoms with Gasteiger partial charge in [-0.3, -0.25) is 4.79 Å². The maximum Gasteiger partial charge on any atom is 0.243 e. The third-order valence-corrected chi connectivity index (χ3v) is 9.45. The molecule has 1 aromatic heterocycles. The molecule has 1 aliphatic carbocycles. The fourth-order valence-electron chi connectivity index (χ4n) is 5.24. The molecule has 210 valence electrons. The molecule has 0 unspecified atom stereocenters. The van der Waals surface area contributed by atoms with Crippen molar-refractivity contribution < 1.29 is 17.6 Å². The number of rotatable bonds is 12. The lowest BCUT2D eigenvalue weighted by molar-refractivity contribution is -0.135. The van der Waals surface area contributed by atoms with Crippen LogP contribution in [0.1, 0.15) is 68.7 Å². The lowest BCUT2D eigenvalue weighted by Crippen LogP contribution is -2.47. The molecule has 0 saturated heterocycles. The van der Waals surface area contributed by atoms with Crippen molar-refractivity contribution in [1.29, 1.82) is 0 Å². The number of amides is 1.